The summed E-state index contributed by atoms with van der Waals surface area (Å²) in [5.41, 5.74) is 2.06. The molecule has 0 spiro atoms. The average Bonchev–Trinajstić information content (AvgIpc) is 3.01. The third kappa shape index (κ3) is 3.21. The molecule has 0 aliphatic carbocycles. The van der Waals surface area contributed by atoms with Gasteiger partial charge in [-0.15, -0.1) is 0 Å². The van der Waals surface area contributed by atoms with Gasteiger partial charge in [0.2, 0.25) is 12.7 Å². The summed E-state index contributed by atoms with van der Waals surface area (Å²) in [5, 5.41) is 0. The van der Waals surface area contributed by atoms with Crippen LogP contribution >= 0.6 is 0 Å². The maximum atomic E-state index is 5.59. The van der Waals surface area contributed by atoms with Crippen molar-refractivity contribution in [1.29, 1.82) is 0 Å². The maximum absolute atomic E-state index is 5.59. The smallest absolute Gasteiger partial charge is 0.260 e. The SMILES string of the molecule is CCc1cnc(OCCCc2ccnc3c2OCO3)cn1. The fraction of sp³-hybridized carbons (Fsp3) is 0.400. The van der Waals surface area contributed by atoms with E-state index in [0.29, 0.717) is 18.4 Å². The van der Waals surface area contributed by atoms with Gasteiger partial charge in [-0.1, -0.05) is 6.92 Å². The van der Waals surface area contributed by atoms with Gasteiger partial charge in [-0.05, 0) is 25.3 Å². The second-order valence-corrected chi connectivity index (χ2v) is 4.66. The van der Waals surface area contributed by atoms with Crippen LogP contribution in [0.4, 0.5) is 0 Å². The highest BCUT2D eigenvalue weighted by atomic mass is 16.7. The first-order chi connectivity index (χ1) is 10.4. The molecule has 0 radical (unpaired) electrons. The second-order valence-electron chi connectivity index (χ2n) is 4.66. The van der Waals surface area contributed by atoms with Crippen LogP contribution in [0.1, 0.15) is 24.6 Å². The van der Waals surface area contributed by atoms with E-state index in [2.05, 4.69) is 15.0 Å². The predicted molar refractivity (Wildman–Crippen MR) is 75.6 cm³/mol. The van der Waals surface area contributed by atoms with E-state index in [9.17, 15) is 0 Å². The summed E-state index contributed by atoms with van der Waals surface area (Å²) in [6.45, 7) is 2.87. The molecule has 0 N–H and O–H groups in total. The number of pyridine rings is 1. The summed E-state index contributed by atoms with van der Waals surface area (Å²) in [5.74, 6) is 1.89. The minimum Gasteiger partial charge on any atom is -0.477 e. The third-order valence-electron chi connectivity index (χ3n) is 3.24. The van der Waals surface area contributed by atoms with Gasteiger partial charge in [0.1, 0.15) is 0 Å². The van der Waals surface area contributed by atoms with E-state index in [1.165, 1.54) is 0 Å². The zero-order valence-corrected chi connectivity index (χ0v) is 11.9. The lowest BCUT2D eigenvalue weighted by atomic mass is 10.1. The van der Waals surface area contributed by atoms with Gasteiger partial charge in [0.05, 0.1) is 24.7 Å². The zero-order valence-electron chi connectivity index (χ0n) is 11.9. The Bertz CT molecular complexity index is 602. The summed E-state index contributed by atoms with van der Waals surface area (Å²) in [4.78, 5) is 12.6. The fourth-order valence-corrected chi connectivity index (χ4v) is 2.10. The Morgan fingerprint density at radius 3 is 2.95 bits per heavy atom. The lowest BCUT2D eigenvalue weighted by Crippen LogP contribution is -2.02. The Hall–Kier alpha value is -2.37. The quantitative estimate of drug-likeness (QED) is 0.759. The van der Waals surface area contributed by atoms with Gasteiger partial charge < -0.3 is 14.2 Å². The van der Waals surface area contributed by atoms with Crippen LogP contribution in [0.15, 0.2) is 24.7 Å². The normalized spacial score (nSPS) is 12.4. The minimum absolute atomic E-state index is 0.245. The zero-order chi connectivity index (χ0) is 14.5. The first kappa shape index (κ1) is 13.6. The molecule has 0 saturated heterocycles. The summed E-state index contributed by atoms with van der Waals surface area (Å²) >= 11 is 0. The molecule has 6 heteroatoms. The molecular formula is C15H17N3O3. The van der Waals surface area contributed by atoms with Crippen molar-refractivity contribution in [1.82, 2.24) is 15.0 Å². The standard InChI is InChI=1S/C15H17N3O3/c1-2-12-8-18-13(9-17-12)19-7-3-4-11-5-6-16-15-14(11)20-10-21-15/h5-6,8-9H,2-4,7,10H2,1H3. The van der Waals surface area contributed by atoms with Gasteiger partial charge in [0, 0.05) is 11.8 Å². The van der Waals surface area contributed by atoms with E-state index in [0.717, 1.165) is 36.3 Å². The lowest BCUT2D eigenvalue weighted by molar-refractivity contribution is 0.170. The molecule has 0 bridgehead atoms. The highest BCUT2D eigenvalue weighted by Crippen LogP contribution is 2.33. The predicted octanol–water partition coefficient (Wildman–Crippen LogP) is 2.17. The van der Waals surface area contributed by atoms with Crippen LogP contribution < -0.4 is 14.2 Å². The molecule has 0 fully saturated rings. The number of rotatable bonds is 6. The van der Waals surface area contributed by atoms with Crippen molar-refractivity contribution >= 4 is 0 Å². The molecule has 1 aliphatic heterocycles. The molecule has 110 valence electrons. The van der Waals surface area contributed by atoms with Crippen LogP contribution in [0.2, 0.25) is 0 Å². The summed E-state index contributed by atoms with van der Waals surface area (Å²) < 4.78 is 16.3. The van der Waals surface area contributed by atoms with E-state index in [1.807, 2.05) is 13.0 Å². The van der Waals surface area contributed by atoms with Crippen molar-refractivity contribution in [3.63, 3.8) is 0 Å². The molecule has 6 nitrogen and oxygen atoms in total. The van der Waals surface area contributed by atoms with Gasteiger partial charge in [-0.3, -0.25) is 4.98 Å². The largest absolute Gasteiger partial charge is 0.477 e. The number of ether oxygens (including phenoxy) is 3. The van der Waals surface area contributed by atoms with Crippen LogP contribution in [0.3, 0.4) is 0 Å². The molecule has 3 rings (SSSR count). The first-order valence-corrected chi connectivity index (χ1v) is 7.04. The van der Waals surface area contributed by atoms with Crippen molar-refractivity contribution < 1.29 is 14.2 Å². The van der Waals surface area contributed by atoms with Crippen LogP contribution in [-0.4, -0.2) is 28.4 Å². The fourth-order valence-electron chi connectivity index (χ4n) is 2.10. The van der Waals surface area contributed by atoms with E-state index < -0.39 is 0 Å². The van der Waals surface area contributed by atoms with Crippen molar-refractivity contribution in [2.45, 2.75) is 26.2 Å². The van der Waals surface area contributed by atoms with E-state index in [1.54, 1.807) is 18.6 Å². The van der Waals surface area contributed by atoms with Gasteiger partial charge in [-0.25, -0.2) is 9.97 Å². The van der Waals surface area contributed by atoms with Crippen molar-refractivity contribution in [2.75, 3.05) is 13.4 Å². The molecule has 2 aromatic rings. The minimum atomic E-state index is 0.245. The molecule has 21 heavy (non-hydrogen) atoms. The van der Waals surface area contributed by atoms with E-state index >= 15 is 0 Å². The Balaban J connectivity index is 1.49. The summed E-state index contributed by atoms with van der Waals surface area (Å²) in [6.07, 6.45) is 7.73. The van der Waals surface area contributed by atoms with Crippen LogP contribution in [0, 0.1) is 0 Å². The number of nitrogens with zero attached hydrogens (tertiary/aromatic N) is 3. The van der Waals surface area contributed by atoms with Crippen molar-refractivity contribution in [3.05, 3.63) is 35.9 Å². The Labute approximate surface area is 123 Å². The molecule has 0 amide bonds. The topological polar surface area (TPSA) is 66.4 Å². The third-order valence-corrected chi connectivity index (χ3v) is 3.24. The maximum Gasteiger partial charge on any atom is 0.260 e. The molecule has 0 aromatic carbocycles. The first-order valence-electron chi connectivity index (χ1n) is 7.04. The van der Waals surface area contributed by atoms with Gasteiger partial charge in [-0.2, -0.15) is 0 Å². The number of fused-ring (bicyclic) bond motifs is 1. The Morgan fingerprint density at radius 2 is 2.14 bits per heavy atom. The molecule has 1 aliphatic rings. The summed E-state index contributed by atoms with van der Waals surface area (Å²) in [7, 11) is 0. The van der Waals surface area contributed by atoms with Gasteiger partial charge in [0.25, 0.3) is 5.88 Å². The van der Waals surface area contributed by atoms with Crippen LogP contribution in [0.5, 0.6) is 17.5 Å². The van der Waals surface area contributed by atoms with E-state index in [4.69, 9.17) is 14.2 Å². The van der Waals surface area contributed by atoms with E-state index in [-0.39, 0.29) is 6.79 Å². The molecule has 0 saturated carbocycles. The Morgan fingerprint density at radius 1 is 1.19 bits per heavy atom. The van der Waals surface area contributed by atoms with Crippen LogP contribution in [-0.2, 0) is 12.8 Å². The van der Waals surface area contributed by atoms with Crippen LogP contribution in [0.25, 0.3) is 0 Å². The lowest BCUT2D eigenvalue weighted by Gasteiger charge is -2.07. The highest BCUT2D eigenvalue weighted by molar-refractivity contribution is 5.42. The highest BCUT2D eigenvalue weighted by Gasteiger charge is 2.18. The number of hydrogen-bond donors (Lipinski definition) is 0. The van der Waals surface area contributed by atoms with Gasteiger partial charge in [0.15, 0.2) is 5.75 Å². The molecule has 3 heterocycles. The van der Waals surface area contributed by atoms with Crippen molar-refractivity contribution in [3.8, 4) is 17.5 Å². The molecule has 0 unspecified atom stereocenters. The second kappa shape index (κ2) is 6.39. The number of aromatic nitrogens is 3. The van der Waals surface area contributed by atoms with Gasteiger partial charge >= 0.3 is 0 Å². The average molecular weight is 287 g/mol. The molecule has 0 atom stereocenters. The van der Waals surface area contributed by atoms with Crippen molar-refractivity contribution in [2.24, 2.45) is 0 Å². The summed E-state index contributed by atoms with van der Waals surface area (Å²) in [6, 6.07) is 1.95. The number of aryl methyl sites for hydroxylation is 2. The molecular weight excluding hydrogens is 270 g/mol. The molecule has 2 aromatic heterocycles. The Kier molecular flexibility index (Phi) is 4.14. The monoisotopic (exact) mass is 287 g/mol. The number of hydrogen-bond acceptors (Lipinski definition) is 6.